The van der Waals surface area contributed by atoms with Crippen LogP contribution in [0.5, 0.6) is 0 Å². The van der Waals surface area contributed by atoms with Gasteiger partial charge in [0.05, 0.1) is 23.4 Å². The third kappa shape index (κ3) is 2.77. The molecule has 2 aliphatic rings. The maximum atomic E-state index is 12.7. The van der Waals surface area contributed by atoms with Crippen LogP contribution in [0, 0.1) is 0 Å². The topological polar surface area (TPSA) is 70.2 Å². The molecule has 6 heteroatoms. The highest BCUT2D eigenvalue weighted by Crippen LogP contribution is 2.34. The molecule has 3 rings (SSSR count). The lowest BCUT2D eigenvalue weighted by atomic mass is 9.76. The van der Waals surface area contributed by atoms with Gasteiger partial charge < -0.3 is 15.0 Å². The molecular weight excluding hydrogens is 280 g/mol. The molecule has 2 N–H and O–H groups in total. The number of aromatic amines is 1. The Hall–Kier alpha value is -1.40. The van der Waals surface area contributed by atoms with E-state index in [4.69, 9.17) is 4.74 Å². The van der Waals surface area contributed by atoms with Gasteiger partial charge in [0.25, 0.3) is 5.91 Å². The summed E-state index contributed by atoms with van der Waals surface area (Å²) in [7, 11) is 4.09. The van der Waals surface area contributed by atoms with Gasteiger partial charge in [-0.2, -0.15) is 5.10 Å². The third-order valence-electron chi connectivity index (χ3n) is 4.76. The Morgan fingerprint density at radius 1 is 1.45 bits per heavy atom. The zero-order chi connectivity index (χ0) is 15.9. The number of hydrogen-bond donors (Lipinski definition) is 2. The molecule has 1 aromatic heterocycles. The number of carbonyl (C=O) groups is 1. The number of amides is 1. The molecule has 22 heavy (non-hydrogen) atoms. The van der Waals surface area contributed by atoms with E-state index >= 15 is 0 Å². The van der Waals surface area contributed by atoms with Crippen LogP contribution in [-0.2, 0) is 11.2 Å². The number of aromatic nitrogens is 2. The summed E-state index contributed by atoms with van der Waals surface area (Å²) in [5, 5.41) is 10.5. The summed E-state index contributed by atoms with van der Waals surface area (Å²) in [4.78, 5) is 14.9. The van der Waals surface area contributed by atoms with E-state index in [2.05, 4.69) is 20.4 Å². The lowest BCUT2D eigenvalue weighted by Crippen LogP contribution is -2.59. The molecular formula is C16H26N4O2. The summed E-state index contributed by atoms with van der Waals surface area (Å²) < 4.78 is 5.78. The van der Waals surface area contributed by atoms with Crippen LogP contribution in [0.4, 0.5) is 0 Å². The number of nitrogens with one attached hydrogen (secondary N) is 2. The van der Waals surface area contributed by atoms with Crippen molar-refractivity contribution >= 4 is 5.91 Å². The van der Waals surface area contributed by atoms with E-state index in [1.54, 1.807) is 0 Å². The zero-order valence-electron chi connectivity index (χ0n) is 13.9. The first-order chi connectivity index (χ1) is 10.4. The van der Waals surface area contributed by atoms with Crippen molar-refractivity contribution in [1.29, 1.82) is 0 Å². The molecule has 0 bridgehead atoms. The smallest absolute Gasteiger partial charge is 0.272 e. The van der Waals surface area contributed by atoms with E-state index in [0.29, 0.717) is 5.69 Å². The van der Waals surface area contributed by atoms with Crippen LogP contribution in [0.2, 0.25) is 0 Å². The SMILES string of the molecule is C[C@@H]1Cc2c(C(=O)NC3(CN(C)C)CCC3)n[nH]c2[C@H](C)O1. The van der Waals surface area contributed by atoms with Crippen molar-refractivity contribution in [3.05, 3.63) is 17.0 Å². The predicted molar refractivity (Wildman–Crippen MR) is 83.9 cm³/mol. The van der Waals surface area contributed by atoms with Crippen molar-refractivity contribution in [2.24, 2.45) is 0 Å². The summed E-state index contributed by atoms with van der Waals surface area (Å²) in [6.07, 6.45) is 4.08. The molecule has 2 atom stereocenters. The maximum absolute atomic E-state index is 12.7. The van der Waals surface area contributed by atoms with Crippen molar-refractivity contribution in [3.8, 4) is 0 Å². The molecule has 0 spiro atoms. The van der Waals surface area contributed by atoms with Crippen molar-refractivity contribution in [2.75, 3.05) is 20.6 Å². The quantitative estimate of drug-likeness (QED) is 0.887. The molecule has 0 aromatic carbocycles. The van der Waals surface area contributed by atoms with Crippen LogP contribution in [0.3, 0.4) is 0 Å². The first-order valence-electron chi connectivity index (χ1n) is 8.10. The first-order valence-corrected chi connectivity index (χ1v) is 8.10. The fourth-order valence-electron chi connectivity index (χ4n) is 3.69. The highest BCUT2D eigenvalue weighted by atomic mass is 16.5. The third-order valence-corrected chi connectivity index (χ3v) is 4.76. The van der Waals surface area contributed by atoms with Gasteiger partial charge in [-0.05, 0) is 47.2 Å². The van der Waals surface area contributed by atoms with Gasteiger partial charge in [0.15, 0.2) is 5.69 Å². The second kappa shape index (κ2) is 5.66. The maximum Gasteiger partial charge on any atom is 0.272 e. The summed E-state index contributed by atoms with van der Waals surface area (Å²) in [5.41, 5.74) is 2.41. The minimum absolute atomic E-state index is 0.0350. The van der Waals surface area contributed by atoms with E-state index in [9.17, 15) is 4.79 Å². The van der Waals surface area contributed by atoms with Gasteiger partial charge >= 0.3 is 0 Å². The average Bonchev–Trinajstić information content (AvgIpc) is 2.79. The molecule has 1 saturated carbocycles. The number of rotatable bonds is 4. The Morgan fingerprint density at radius 2 is 2.18 bits per heavy atom. The van der Waals surface area contributed by atoms with Crippen LogP contribution in [0.25, 0.3) is 0 Å². The Bertz CT molecular complexity index is 562. The monoisotopic (exact) mass is 306 g/mol. The van der Waals surface area contributed by atoms with Gasteiger partial charge in [-0.3, -0.25) is 9.89 Å². The number of H-pyrrole nitrogens is 1. The van der Waals surface area contributed by atoms with Gasteiger partial charge in [0.1, 0.15) is 0 Å². The number of hydrogen-bond acceptors (Lipinski definition) is 4. The largest absolute Gasteiger partial charge is 0.369 e. The summed E-state index contributed by atoms with van der Waals surface area (Å²) in [6.45, 7) is 4.91. The van der Waals surface area contributed by atoms with E-state index < -0.39 is 0 Å². The normalized spacial score (nSPS) is 26.4. The van der Waals surface area contributed by atoms with E-state index in [-0.39, 0.29) is 23.7 Å². The fraction of sp³-hybridized carbons (Fsp3) is 0.750. The lowest BCUT2D eigenvalue weighted by Gasteiger charge is -2.44. The number of carbonyl (C=O) groups excluding carboxylic acids is 1. The Balaban J connectivity index is 1.79. The van der Waals surface area contributed by atoms with Crippen molar-refractivity contribution in [3.63, 3.8) is 0 Å². The minimum Gasteiger partial charge on any atom is -0.369 e. The van der Waals surface area contributed by atoms with Crippen molar-refractivity contribution in [1.82, 2.24) is 20.4 Å². The molecule has 122 valence electrons. The van der Waals surface area contributed by atoms with Crippen molar-refractivity contribution < 1.29 is 9.53 Å². The molecule has 0 unspecified atom stereocenters. The van der Waals surface area contributed by atoms with Crippen molar-refractivity contribution in [2.45, 2.75) is 57.3 Å². The van der Waals surface area contributed by atoms with Crippen LogP contribution in [-0.4, -0.2) is 53.3 Å². The standard InChI is InChI=1S/C16H26N4O2/c1-10-8-12-13(11(2)22-10)18-19-14(12)15(21)17-16(6-5-7-16)9-20(3)4/h10-11H,5-9H2,1-4H3,(H,17,21)(H,18,19)/t10-,11+/m1/s1. The lowest BCUT2D eigenvalue weighted by molar-refractivity contribution is -0.00699. The predicted octanol–water partition coefficient (Wildman–Crippen LogP) is 1.65. The van der Waals surface area contributed by atoms with Crippen LogP contribution in [0.15, 0.2) is 0 Å². The average molecular weight is 306 g/mol. The van der Waals surface area contributed by atoms with Gasteiger partial charge in [-0.25, -0.2) is 0 Å². The molecule has 1 aliphatic heterocycles. The number of ether oxygens (including phenoxy) is 1. The van der Waals surface area contributed by atoms with Gasteiger partial charge in [0.2, 0.25) is 0 Å². The van der Waals surface area contributed by atoms with E-state index in [1.807, 2.05) is 27.9 Å². The molecule has 0 saturated heterocycles. The van der Waals surface area contributed by atoms with Crippen LogP contribution >= 0.6 is 0 Å². The summed E-state index contributed by atoms with van der Waals surface area (Å²) in [6, 6.07) is 0. The molecule has 6 nitrogen and oxygen atoms in total. The van der Waals surface area contributed by atoms with Gasteiger partial charge in [-0.1, -0.05) is 0 Å². The minimum atomic E-state index is -0.0885. The second-order valence-corrected chi connectivity index (χ2v) is 7.08. The summed E-state index contributed by atoms with van der Waals surface area (Å²) in [5.74, 6) is -0.0552. The number of nitrogens with zero attached hydrogens (tertiary/aromatic N) is 2. The molecule has 0 radical (unpaired) electrons. The molecule has 1 amide bonds. The Kier molecular flexibility index (Phi) is 3.99. The molecule has 1 fully saturated rings. The highest BCUT2D eigenvalue weighted by molar-refractivity contribution is 5.94. The zero-order valence-corrected chi connectivity index (χ0v) is 13.9. The summed E-state index contributed by atoms with van der Waals surface area (Å²) >= 11 is 0. The van der Waals surface area contributed by atoms with E-state index in [1.165, 1.54) is 6.42 Å². The molecule has 2 heterocycles. The second-order valence-electron chi connectivity index (χ2n) is 7.08. The van der Waals surface area contributed by atoms with Crippen LogP contribution < -0.4 is 5.32 Å². The van der Waals surface area contributed by atoms with Gasteiger partial charge in [-0.15, -0.1) is 0 Å². The van der Waals surface area contributed by atoms with Crippen LogP contribution in [0.1, 0.15) is 61.0 Å². The highest BCUT2D eigenvalue weighted by Gasteiger charge is 2.40. The molecule has 1 aromatic rings. The first kappa shape index (κ1) is 15.5. The van der Waals surface area contributed by atoms with E-state index in [0.717, 1.165) is 37.1 Å². The Labute approximate surface area is 131 Å². The number of likely N-dealkylation sites (N-methyl/N-ethyl adjacent to an activating group) is 1. The number of fused-ring (bicyclic) bond motifs is 1. The fourth-order valence-corrected chi connectivity index (χ4v) is 3.69. The Morgan fingerprint density at radius 3 is 2.77 bits per heavy atom. The molecule has 1 aliphatic carbocycles. The van der Waals surface area contributed by atoms with Gasteiger partial charge in [0, 0.05) is 18.5 Å².